The fraction of sp³-hybridized carbons (Fsp3) is 0.111. The van der Waals surface area contributed by atoms with Gasteiger partial charge in [-0.2, -0.15) is 0 Å². The molecule has 0 aliphatic carbocycles. The molecule has 5 heteroatoms. The number of methoxy groups -OCH3 is 1. The van der Waals surface area contributed by atoms with Gasteiger partial charge in [0.15, 0.2) is 0 Å². The summed E-state index contributed by atoms with van der Waals surface area (Å²) in [5, 5.41) is 1.92. The molecule has 1 aliphatic heterocycles. The number of carbonyl (C=O) groups excluding carboxylic acids is 2. The van der Waals surface area contributed by atoms with Crippen molar-refractivity contribution < 1.29 is 14.3 Å². The van der Waals surface area contributed by atoms with Gasteiger partial charge in [-0.3, -0.25) is 14.9 Å². The molecular formula is C18H15NO3S. The van der Waals surface area contributed by atoms with Crippen LogP contribution in [0.5, 0.6) is 5.75 Å². The number of imide groups is 1. The van der Waals surface area contributed by atoms with Crippen LogP contribution in [0.1, 0.15) is 11.1 Å². The van der Waals surface area contributed by atoms with E-state index >= 15 is 0 Å². The maximum Gasteiger partial charge on any atom is 0.290 e. The molecule has 4 nitrogen and oxygen atoms in total. The number of carbonyl (C=O) groups is 2. The van der Waals surface area contributed by atoms with Crippen LogP contribution in [-0.4, -0.2) is 18.3 Å². The number of hydrogen-bond acceptors (Lipinski definition) is 4. The minimum atomic E-state index is -0.338. The van der Waals surface area contributed by atoms with E-state index in [4.69, 9.17) is 4.74 Å². The topological polar surface area (TPSA) is 55.4 Å². The zero-order valence-electron chi connectivity index (χ0n) is 12.8. The van der Waals surface area contributed by atoms with Crippen molar-refractivity contribution in [3.8, 4) is 16.9 Å². The Morgan fingerprint density at radius 2 is 1.83 bits per heavy atom. The van der Waals surface area contributed by atoms with E-state index in [-0.39, 0.29) is 11.1 Å². The molecule has 1 heterocycles. The highest BCUT2D eigenvalue weighted by Gasteiger charge is 2.24. The lowest BCUT2D eigenvalue weighted by Crippen LogP contribution is -2.17. The van der Waals surface area contributed by atoms with E-state index in [0.29, 0.717) is 4.91 Å². The summed E-state index contributed by atoms with van der Waals surface area (Å²) < 4.78 is 5.22. The van der Waals surface area contributed by atoms with Crippen molar-refractivity contribution in [2.24, 2.45) is 0 Å². The zero-order valence-corrected chi connectivity index (χ0v) is 13.6. The summed E-state index contributed by atoms with van der Waals surface area (Å²) in [5.74, 6) is 0.497. The van der Waals surface area contributed by atoms with Gasteiger partial charge in [-0.25, -0.2) is 0 Å². The Morgan fingerprint density at radius 3 is 2.39 bits per heavy atom. The maximum absolute atomic E-state index is 11.5. The molecule has 1 aliphatic rings. The van der Waals surface area contributed by atoms with Gasteiger partial charge in [-0.1, -0.05) is 30.3 Å². The third-order valence-electron chi connectivity index (χ3n) is 3.60. The van der Waals surface area contributed by atoms with E-state index < -0.39 is 0 Å². The fourth-order valence-electron chi connectivity index (χ4n) is 2.42. The molecule has 0 atom stereocenters. The zero-order chi connectivity index (χ0) is 16.4. The van der Waals surface area contributed by atoms with Crippen molar-refractivity contribution in [3.05, 3.63) is 58.5 Å². The van der Waals surface area contributed by atoms with Gasteiger partial charge in [0.1, 0.15) is 5.75 Å². The average Bonchev–Trinajstić information content (AvgIpc) is 2.85. The first-order valence-electron chi connectivity index (χ1n) is 7.07. The predicted molar refractivity (Wildman–Crippen MR) is 92.3 cm³/mol. The molecular weight excluding hydrogens is 310 g/mol. The SMILES string of the molecule is COc1ccc(-c2ccc(/C=C3\SC(=O)NC3=O)cc2)c(C)c1. The fourth-order valence-corrected chi connectivity index (χ4v) is 3.10. The van der Waals surface area contributed by atoms with Crippen LogP contribution in [0.15, 0.2) is 47.4 Å². The third-order valence-corrected chi connectivity index (χ3v) is 4.41. The molecule has 3 rings (SSSR count). The molecule has 116 valence electrons. The standard InChI is InChI=1S/C18H15NO3S/c1-11-9-14(22-2)7-8-15(11)13-5-3-12(4-6-13)10-16-17(20)19-18(21)23-16/h3-10H,1-2H3,(H,19,20,21)/b16-10-. The first kappa shape index (κ1) is 15.4. The van der Waals surface area contributed by atoms with Crippen LogP contribution in [0.25, 0.3) is 17.2 Å². The van der Waals surface area contributed by atoms with Crippen LogP contribution < -0.4 is 10.1 Å². The molecule has 0 aromatic heterocycles. The number of thioether (sulfide) groups is 1. The summed E-state index contributed by atoms with van der Waals surface area (Å²) in [5.41, 5.74) is 4.24. The monoisotopic (exact) mass is 325 g/mol. The van der Waals surface area contributed by atoms with Crippen LogP contribution in [0.2, 0.25) is 0 Å². The van der Waals surface area contributed by atoms with Gasteiger partial charge in [-0.05, 0) is 59.1 Å². The second kappa shape index (κ2) is 6.30. The van der Waals surface area contributed by atoms with Crippen LogP contribution in [0.3, 0.4) is 0 Å². The van der Waals surface area contributed by atoms with Gasteiger partial charge in [0.25, 0.3) is 11.1 Å². The van der Waals surface area contributed by atoms with Gasteiger partial charge < -0.3 is 4.74 Å². The molecule has 0 bridgehead atoms. The minimum Gasteiger partial charge on any atom is -0.497 e. The average molecular weight is 325 g/mol. The Morgan fingerprint density at radius 1 is 1.09 bits per heavy atom. The number of benzene rings is 2. The quantitative estimate of drug-likeness (QED) is 0.867. The van der Waals surface area contributed by atoms with Crippen LogP contribution in [0.4, 0.5) is 4.79 Å². The molecule has 1 saturated heterocycles. The van der Waals surface area contributed by atoms with E-state index in [1.54, 1.807) is 13.2 Å². The normalized spacial score (nSPS) is 15.8. The molecule has 2 aromatic carbocycles. The van der Waals surface area contributed by atoms with Crippen molar-refractivity contribution in [2.45, 2.75) is 6.92 Å². The van der Waals surface area contributed by atoms with Crippen molar-refractivity contribution in [3.63, 3.8) is 0 Å². The van der Waals surface area contributed by atoms with Crippen LogP contribution >= 0.6 is 11.8 Å². The summed E-state index contributed by atoms with van der Waals surface area (Å²) >= 11 is 0.923. The molecule has 1 N–H and O–H groups in total. The second-order valence-corrected chi connectivity index (χ2v) is 6.17. The van der Waals surface area contributed by atoms with E-state index in [0.717, 1.165) is 39.8 Å². The smallest absolute Gasteiger partial charge is 0.290 e. The molecule has 2 amide bonds. The lowest BCUT2D eigenvalue weighted by Gasteiger charge is -2.08. The van der Waals surface area contributed by atoms with Crippen molar-refractivity contribution in [1.82, 2.24) is 5.32 Å². The number of amides is 2. The molecule has 2 aromatic rings. The van der Waals surface area contributed by atoms with Crippen molar-refractivity contribution in [2.75, 3.05) is 7.11 Å². The molecule has 0 spiro atoms. The highest BCUT2D eigenvalue weighted by molar-refractivity contribution is 8.18. The predicted octanol–water partition coefficient (Wildman–Crippen LogP) is 3.99. The van der Waals surface area contributed by atoms with E-state index in [9.17, 15) is 9.59 Å². The number of ether oxygens (including phenoxy) is 1. The summed E-state index contributed by atoms with van der Waals surface area (Å²) in [6.45, 7) is 2.04. The number of hydrogen-bond donors (Lipinski definition) is 1. The van der Waals surface area contributed by atoms with Crippen molar-refractivity contribution in [1.29, 1.82) is 0 Å². The first-order chi connectivity index (χ1) is 11.1. The summed E-state index contributed by atoms with van der Waals surface area (Å²) in [7, 11) is 1.65. The van der Waals surface area contributed by atoms with Gasteiger partial charge in [-0.15, -0.1) is 0 Å². The summed E-state index contributed by atoms with van der Waals surface area (Å²) in [6, 6.07) is 13.8. The largest absolute Gasteiger partial charge is 0.497 e. The Bertz CT molecular complexity index is 810. The van der Waals surface area contributed by atoms with Gasteiger partial charge in [0.2, 0.25) is 0 Å². The third kappa shape index (κ3) is 3.29. The Balaban J connectivity index is 1.87. The van der Waals surface area contributed by atoms with E-state index in [1.165, 1.54) is 0 Å². The Hall–Kier alpha value is -2.53. The Labute approximate surface area is 138 Å². The second-order valence-electron chi connectivity index (χ2n) is 5.16. The first-order valence-corrected chi connectivity index (χ1v) is 7.88. The minimum absolute atomic E-state index is 0.327. The number of aryl methyl sites for hydroxylation is 1. The summed E-state index contributed by atoms with van der Waals surface area (Å²) in [4.78, 5) is 23.1. The van der Waals surface area contributed by atoms with E-state index in [1.807, 2.05) is 49.4 Å². The highest BCUT2D eigenvalue weighted by atomic mass is 32.2. The molecule has 0 unspecified atom stereocenters. The van der Waals surface area contributed by atoms with Gasteiger partial charge >= 0.3 is 0 Å². The molecule has 23 heavy (non-hydrogen) atoms. The lowest BCUT2D eigenvalue weighted by atomic mass is 9.99. The maximum atomic E-state index is 11.5. The van der Waals surface area contributed by atoms with Gasteiger partial charge in [0.05, 0.1) is 12.0 Å². The van der Waals surface area contributed by atoms with Crippen molar-refractivity contribution >= 4 is 29.0 Å². The number of rotatable bonds is 3. The van der Waals surface area contributed by atoms with Gasteiger partial charge in [0, 0.05) is 0 Å². The Kier molecular flexibility index (Phi) is 4.21. The van der Waals surface area contributed by atoms with E-state index in [2.05, 4.69) is 5.32 Å². The lowest BCUT2D eigenvalue weighted by molar-refractivity contribution is -0.115. The number of nitrogens with one attached hydrogen (secondary N) is 1. The molecule has 0 saturated carbocycles. The highest BCUT2D eigenvalue weighted by Crippen LogP contribution is 2.29. The summed E-state index contributed by atoms with van der Waals surface area (Å²) in [6.07, 6.45) is 1.72. The molecule has 0 radical (unpaired) electrons. The van der Waals surface area contributed by atoms with Crippen LogP contribution in [-0.2, 0) is 4.79 Å². The van der Waals surface area contributed by atoms with Crippen LogP contribution in [0, 0.1) is 6.92 Å². The molecule has 1 fully saturated rings.